The molecule has 0 aliphatic heterocycles. The van der Waals surface area contributed by atoms with Gasteiger partial charge in [-0.05, 0) is 24.5 Å². The van der Waals surface area contributed by atoms with Crippen LogP contribution in [0.25, 0.3) is 0 Å². The van der Waals surface area contributed by atoms with Crippen molar-refractivity contribution in [2.24, 2.45) is 0 Å². The molecule has 0 radical (unpaired) electrons. The molecule has 5 heteroatoms. The number of nitrogens with zero attached hydrogens (tertiary/aromatic N) is 1. The molecule has 104 valence electrons. The zero-order valence-corrected chi connectivity index (χ0v) is 11.6. The van der Waals surface area contributed by atoms with Crippen LogP contribution in [-0.2, 0) is 6.42 Å². The summed E-state index contributed by atoms with van der Waals surface area (Å²) < 4.78 is 13.6. The fraction of sp³-hybridized carbons (Fsp3) is 0.333. The van der Waals surface area contributed by atoms with Gasteiger partial charge in [-0.15, -0.1) is 11.3 Å². The van der Waals surface area contributed by atoms with E-state index in [0.717, 1.165) is 19.3 Å². The minimum absolute atomic E-state index is 0.270. The highest BCUT2D eigenvalue weighted by atomic mass is 32.1. The summed E-state index contributed by atoms with van der Waals surface area (Å²) in [7, 11) is 0. The Bertz CT molecular complexity index is 649. The molecule has 1 aromatic carbocycles. The standard InChI is InChI=1S/C15H14FNO2S/c16-11-7-2-1-4-10(11)8-12-17-13(9-5-3-6-9)14(20-12)15(18)19/h1-2,4,7,9H,3,5-6,8H2,(H,18,19). The van der Waals surface area contributed by atoms with Gasteiger partial charge in [0.2, 0.25) is 0 Å². The number of carbonyl (C=O) groups is 1. The molecule has 0 atom stereocenters. The molecule has 1 aromatic heterocycles. The van der Waals surface area contributed by atoms with E-state index in [4.69, 9.17) is 0 Å². The van der Waals surface area contributed by atoms with Gasteiger partial charge in [0.25, 0.3) is 0 Å². The molecular formula is C15H14FNO2S. The highest BCUT2D eigenvalue weighted by molar-refractivity contribution is 7.13. The fourth-order valence-corrected chi connectivity index (χ4v) is 3.38. The van der Waals surface area contributed by atoms with Crippen molar-refractivity contribution in [1.29, 1.82) is 0 Å². The molecule has 3 rings (SSSR count). The Morgan fingerprint density at radius 2 is 2.15 bits per heavy atom. The summed E-state index contributed by atoms with van der Waals surface area (Å²) >= 11 is 1.17. The topological polar surface area (TPSA) is 50.2 Å². The molecule has 0 saturated heterocycles. The lowest BCUT2D eigenvalue weighted by atomic mass is 9.82. The third-order valence-corrected chi connectivity index (χ3v) is 4.74. The first-order chi connectivity index (χ1) is 9.65. The van der Waals surface area contributed by atoms with Gasteiger partial charge >= 0.3 is 5.97 Å². The third-order valence-electron chi connectivity index (χ3n) is 3.68. The molecular weight excluding hydrogens is 277 g/mol. The Balaban J connectivity index is 1.90. The number of benzene rings is 1. The van der Waals surface area contributed by atoms with Crippen LogP contribution in [-0.4, -0.2) is 16.1 Å². The Labute approximate surface area is 120 Å². The number of thiazole rings is 1. The van der Waals surface area contributed by atoms with Crippen LogP contribution >= 0.6 is 11.3 Å². The van der Waals surface area contributed by atoms with E-state index >= 15 is 0 Å². The molecule has 0 bridgehead atoms. The van der Waals surface area contributed by atoms with Crippen LogP contribution in [0.5, 0.6) is 0 Å². The SMILES string of the molecule is O=C(O)c1sc(Cc2ccccc2F)nc1C1CCC1. The molecule has 1 saturated carbocycles. The van der Waals surface area contributed by atoms with Crippen molar-refractivity contribution < 1.29 is 14.3 Å². The number of carboxylic acids is 1. The van der Waals surface area contributed by atoms with Gasteiger partial charge in [0, 0.05) is 12.3 Å². The van der Waals surface area contributed by atoms with E-state index in [-0.39, 0.29) is 11.7 Å². The summed E-state index contributed by atoms with van der Waals surface area (Å²) in [5.41, 5.74) is 1.25. The van der Waals surface area contributed by atoms with E-state index in [0.29, 0.717) is 27.6 Å². The Kier molecular flexibility index (Phi) is 3.53. The molecule has 2 aromatic rings. The smallest absolute Gasteiger partial charge is 0.347 e. The van der Waals surface area contributed by atoms with Crippen LogP contribution in [0.15, 0.2) is 24.3 Å². The maximum absolute atomic E-state index is 13.6. The van der Waals surface area contributed by atoms with Crippen molar-refractivity contribution in [3.8, 4) is 0 Å². The van der Waals surface area contributed by atoms with Crippen LogP contribution in [0.3, 0.4) is 0 Å². The molecule has 0 spiro atoms. The van der Waals surface area contributed by atoms with Crippen molar-refractivity contribution >= 4 is 17.3 Å². The molecule has 1 aliphatic carbocycles. The Morgan fingerprint density at radius 3 is 2.75 bits per heavy atom. The first-order valence-corrected chi connectivity index (χ1v) is 7.43. The van der Waals surface area contributed by atoms with Crippen molar-refractivity contribution in [3.05, 3.63) is 51.2 Å². The minimum atomic E-state index is -0.927. The minimum Gasteiger partial charge on any atom is -0.477 e. The number of hydrogen-bond donors (Lipinski definition) is 1. The van der Waals surface area contributed by atoms with Gasteiger partial charge in [-0.1, -0.05) is 24.6 Å². The van der Waals surface area contributed by atoms with Crippen LogP contribution in [0, 0.1) is 5.82 Å². The number of hydrogen-bond acceptors (Lipinski definition) is 3. The lowest BCUT2D eigenvalue weighted by Crippen LogP contribution is -2.12. The summed E-state index contributed by atoms with van der Waals surface area (Å²) in [6, 6.07) is 6.54. The number of rotatable bonds is 4. The second-order valence-electron chi connectivity index (χ2n) is 5.02. The van der Waals surface area contributed by atoms with E-state index in [1.165, 1.54) is 17.4 Å². The number of aromatic carboxylic acids is 1. The zero-order chi connectivity index (χ0) is 14.1. The van der Waals surface area contributed by atoms with Crippen molar-refractivity contribution in [2.75, 3.05) is 0 Å². The first kappa shape index (κ1) is 13.2. The average Bonchev–Trinajstić information content (AvgIpc) is 2.74. The second-order valence-corrected chi connectivity index (χ2v) is 6.11. The first-order valence-electron chi connectivity index (χ1n) is 6.61. The lowest BCUT2D eigenvalue weighted by Gasteiger charge is -2.23. The van der Waals surface area contributed by atoms with Gasteiger partial charge in [0.15, 0.2) is 0 Å². The molecule has 0 amide bonds. The van der Waals surface area contributed by atoms with Crippen LogP contribution in [0.2, 0.25) is 0 Å². The summed E-state index contributed by atoms with van der Waals surface area (Å²) in [5, 5.41) is 9.94. The average molecular weight is 291 g/mol. The number of aromatic nitrogens is 1. The van der Waals surface area contributed by atoms with Gasteiger partial charge in [-0.3, -0.25) is 0 Å². The maximum Gasteiger partial charge on any atom is 0.347 e. The zero-order valence-electron chi connectivity index (χ0n) is 10.8. The molecule has 1 fully saturated rings. The van der Waals surface area contributed by atoms with Gasteiger partial charge in [-0.25, -0.2) is 14.2 Å². The highest BCUT2D eigenvalue weighted by Crippen LogP contribution is 2.39. The van der Waals surface area contributed by atoms with Gasteiger partial charge in [0.05, 0.1) is 10.7 Å². The van der Waals surface area contributed by atoms with E-state index in [1.54, 1.807) is 18.2 Å². The molecule has 1 N–H and O–H groups in total. The highest BCUT2D eigenvalue weighted by Gasteiger charge is 2.28. The van der Waals surface area contributed by atoms with Crippen molar-refractivity contribution in [2.45, 2.75) is 31.6 Å². The summed E-state index contributed by atoms with van der Waals surface area (Å²) in [5.74, 6) is -0.930. The summed E-state index contributed by atoms with van der Waals surface area (Å²) in [4.78, 5) is 16.1. The molecule has 1 aliphatic rings. The Morgan fingerprint density at radius 1 is 1.40 bits per heavy atom. The van der Waals surface area contributed by atoms with Crippen LogP contribution in [0.1, 0.15) is 51.1 Å². The molecule has 0 unspecified atom stereocenters. The predicted octanol–water partition coefficient (Wildman–Crippen LogP) is 3.84. The number of carboxylic acid groups (broad SMARTS) is 1. The Hall–Kier alpha value is -1.75. The van der Waals surface area contributed by atoms with E-state index in [9.17, 15) is 14.3 Å². The van der Waals surface area contributed by atoms with Crippen LogP contribution in [0.4, 0.5) is 4.39 Å². The molecule has 1 heterocycles. The molecule has 20 heavy (non-hydrogen) atoms. The third kappa shape index (κ3) is 2.45. The molecule has 3 nitrogen and oxygen atoms in total. The quantitative estimate of drug-likeness (QED) is 0.931. The summed E-state index contributed by atoms with van der Waals surface area (Å²) in [6.45, 7) is 0. The largest absolute Gasteiger partial charge is 0.477 e. The van der Waals surface area contributed by atoms with Crippen LogP contribution < -0.4 is 0 Å². The van der Waals surface area contributed by atoms with Crippen molar-refractivity contribution in [3.63, 3.8) is 0 Å². The lowest BCUT2D eigenvalue weighted by molar-refractivity contribution is 0.0699. The predicted molar refractivity (Wildman–Crippen MR) is 74.9 cm³/mol. The normalized spacial score (nSPS) is 15.1. The van der Waals surface area contributed by atoms with Crippen molar-refractivity contribution in [1.82, 2.24) is 4.98 Å². The summed E-state index contributed by atoms with van der Waals surface area (Å²) in [6.07, 6.45) is 3.49. The van der Waals surface area contributed by atoms with Gasteiger partial charge in [0.1, 0.15) is 10.7 Å². The van der Waals surface area contributed by atoms with E-state index in [2.05, 4.69) is 4.98 Å². The second kappa shape index (κ2) is 5.32. The van der Waals surface area contributed by atoms with E-state index < -0.39 is 5.97 Å². The van der Waals surface area contributed by atoms with E-state index in [1.807, 2.05) is 0 Å². The van der Waals surface area contributed by atoms with Gasteiger partial charge in [-0.2, -0.15) is 0 Å². The monoisotopic (exact) mass is 291 g/mol. The number of halogens is 1. The maximum atomic E-state index is 13.6. The van der Waals surface area contributed by atoms with Gasteiger partial charge < -0.3 is 5.11 Å². The fourth-order valence-electron chi connectivity index (χ4n) is 2.37.